The summed E-state index contributed by atoms with van der Waals surface area (Å²) in [5, 5.41) is 14.1. The van der Waals surface area contributed by atoms with E-state index in [2.05, 4.69) is 66.2 Å². The molecule has 0 unspecified atom stereocenters. The number of rotatable bonds is 1. The summed E-state index contributed by atoms with van der Waals surface area (Å²) in [7, 11) is 0. The Bertz CT molecular complexity index is 1260. The van der Waals surface area contributed by atoms with Gasteiger partial charge in [-0.05, 0) is 75.9 Å². The first-order chi connectivity index (χ1) is 17.1. The molecular formula is C27H27Cl2I3N2O3. The largest absolute Gasteiger partial charge is 0.425 e. The first-order valence-corrected chi connectivity index (χ1v) is 18.4. The molecule has 2 aliphatic carbocycles. The number of aliphatic hydroxyl groups is 1. The van der Waals surface area contributed by atoms with Crippen molar-refractivity contribution in [2.24, 2.45) is 11.8 Å². The quantitative estimate of drug-likeness (QED) is 0.153. The van der Waals surface area contributed by atoms with Crippen LogP contribution in [0.25, 0.3) is 0 Å². The standard InChI is InChI=1S/C14H12ClNO2.C13H14ClNO.I2.HI/c1-14(7-6-9-2-3-9)11-8-10(15)4-5-12(11)16-13(17)18-14;1-13(16,7-6-9-2-3-9)11-8-10(14)4-5-12(11)15;1-2;/h4-5,8-9H,2-3H2,1H3,(H,16,17);4-5,8-9,16H,2-3,15H2,1H3;;1H/t14-;13-;;/m00../s1. The number of carbonyl (C=O) groups is 1. The Morgan fingerprint density at radius 2 is 1.65 bits per heavy atom. The molecule has 10 heteroatoms. The van der Waals surface area contributed by atoms with Gasteiger partial charge in [-0.2, -0.15) is 0 Å². The Labute approximate surface area is 268 Å². The molecule has 2 aromatic carbocycles. The number of nitrogens with one attached hydrogen (secondary N) is 1. The maximum absolute atomic E-state index is 11.6. The van der Waals surface area contributed by atoms with E-state index in [0.29, 0.717) is 38.8 Å². The number of cyclic esters (lactones) is 1. The highest BCUT2D eigenvalue weighted by atomic mass is 128. The van der Waals surface area contributed by atoms with Crippen LogP contribution in [0.3, 0.4) is 0 Å². The van der Waals surface area contributed by atoms with Crippen molar-refractivity contribution in [3.05, 3.63) is 57.6 Å². The molecule has 5 rings (SSSR count). The molecule has 2 atom stereocenters. The van der Waals surface area contributed by atoms with Crippen LogP contribution in [0.2, 0.25) is 10.0 Å². The van der Waals surface area contributed by atoms with Crippen molar-refractivity contribution in [1.29, 1.82) is 0 Å². The van der Waals surface area contributed by atoms with E-state index < -0.39 is 17.3 Å². The van der Waals surface area contributed by atoms with Crippen molar-refractivity contribution in [3.8, 4) is 23.7 Å². The molecule has 2 aromatic rings. The minimum Gasteiger partial charge on any atom is -0.425 e. The molecule has 3 aliphatic rings. The van der Waals surface area contributed by atoms with Crippen LogP contribution in [-0.2, 0) is 15.9 Å². The fraction of sp³-hybridized carbons (Fsp3) is 0.370. The third-order valence-corrected chi connectivity index (χ3v) is 6.23. The number of nitrogens with two attached hydrogens (primary N) is 1. The van der Waals surface area contributed by atoms with E-state index in [4.69, 9.17) is 33.7 Å². The van der Waals surface area contributed by atoms with Crippen LogP contribution in [0.1, 0.15) is 50.7 Å². The van der Waals surface area contributed by atoms with Gasteiger partial charge < -0.3 is 15.6 Å². The van der Waals surface area contributed by atoms with Gasteiger partial charge in [-0.1, -0.05) is 46.9 Å². The number of ether oxygens (including phenoxy) is 1. The highest BCUT2D eigenvalue weighted by molar-refractivity contribution is 15.0. The molecule has 0 radical (unpaired) electrons. The van der Waals surface area contributed by atoms with E-state index in [0.717, 1.165) is 31.2 Å². The van der Waals surface area contributed by atoms with Crippen molar-refractivity contribution >= 4 is 102 Å². The molecule has 2 saturated carbocycles. The average molecular weight is 879 g/mol. The number of hydrogen-bond donors (Lipinski definition) is 3. The van der Waals surface area contributed by atoms with Crippen molar-refractivity contribution in [2.45, 2.75) is 50.7 Å². The summed E-state index contributed by atoms with van der Waals surface area (Å²) in [5.74, 6) is 13.1. The number of fused-ring (bicyclic) bond motifs is 1. The van der Waals surface area contributed by atoms with E-state index in [-0.39, 0.29) is 24.0 Å². The predicted molar refractivity (Wildman–Crippen MR) is 179 cm³/mol. The molecule has 37 heavy (non-hydrogen) atoms. The lowest BCUT2D eigenvalue weighted by molar-refractivity contribution is 0.0714. The monoisotopic (exact) mass is 878 g/mol. The zero-order chi connectivity index (χ0) is 26.5. The van der Waals surface area contributed by atoms with Crippen LogP contribution in [0.5, 0.6) is 0 Å². The summed E-state index contributed by atoms with van der Waals surface area (Å²) in [4.78, 5) is 11.6. The van der Waals surface area contributed by atoms with Crippen molar-refractivity contribution in [3.63, 3.8) is 0 Å². The number of carbonyl (C=O) groups excluding carboxylic acids is 1. The van der Waals surface area contributed by atoms with Gasteiger partial charge in [0.2, 0.25) is 0 Å². The number of nitrogen functional groups attached to an aromatic ring is 1. The van der Waals surface area contributed by atoms with Crippen LogP contribution in [0, 0.1) is 35.5 Å². The molecule has 2 fully saturated rings. The smallest absolute Gasteiger partial charge is 0.413 e. The summed E-state index contributed by atoms with van der Waals surface area (Å²) in [6.07, 6.45) is 4.06. The van der Waals surface area contributed by atoms with E-state index in [1.807, 2.05) is 0 Å². The lowest BCUT2D eigenvalue weighted by atomic mass is 9.93. The molecule has 4 N–H and O–H groups in total. The number of benzene rings is 2. The second kappa shape index (κ2) is 14.1. The van der Waals surface area contributed by atoms with Crippen molar-refractivity contribution in [2.75, 3.05) is 11.1 Å². The molecule has 0 saturated heterocycles. The minimum atomic E-state index is -1.22. The summed E-state index contributed by atoms with van der Waals surface area (Å²) < 4.78 is 5.35. The van der Waals surface area contributed by atoms with Gasteiger partial charge in [0, 0.05) is 75.9 Å². The first-order valence-electron chi connectivity index (χ1n) is 11.3. The number of halogens is 5. The van der Waals surface area contributed by atoms with Crippen LogP contribution < -0.4 is 11.1 Å². The topological polar surface area (TPSA) is 84.6 Å². The van der Waals surface area contributed by atoms with Crippen molar-refractivity contribution in [1.82, 2.24) is 0 Å². The van der Waals surface area contributed by atoms with Gasteiger partial charge in [-0.25, -0.2) is 4.79 Å². The van der Waals surface area contributed by atoms with E-state index in [1.165, 1.54) is 0 Å². The zero-order valence-electron chi connectivity index (χ0n) is 20.2. The summed E-state index contributed by atoms with van der Waals surface area (Å²) >= 11 is 16.1. The Morgan fingerprint density at radius 1 is 1.08 bits per heavy atom. The van der Waals surface area contributed by atoms with Crippen LogP contribution in [0.4, 0.5) is 16.2 Å². The SMILES string of the molecule is C[C@@]1(C#CC2CC2)OC(=O)Nc2ccc(Cl)cc21.C[C@](O)(C#CC1CC1)c1cc(Cl)ccc1N.I.II. The maximum Gasteiger partial charge on any atom is 0.413 e. The van der Waals surface area contributed by atoms with E-state index >= 15 is 0 Å². The highest BCUT2D eigenvalue weighted by Crippen LogP contribution is 2.38. The van der Waals surface area contributed by atoms with Crippen LogP contribution in [-0.4, -0.2) is 11.2 Å². The molecule has 0 spiro atoms. The fourth-order valence-electron chi connectivity index (χ4n) is 3.44. The van der Waals surface area contributed by atoms with Gasteiger partial charge in [0.1, 0.15) is 5.60 Å². The van der Waals surface area contributed by atoms with Crippen LogP contribution in [0.15, 0.2) is 36.4 Å². The third kappa shape index (κ3) is 9.50. The summed E-state index contributed by atoms with van der Waals surface area (Å²) in [6.45, 7) is 3.45. The Morgan fingerprint density at radius 3 is 2.27 bits per heavy atom. The Balaban J connectivity index is 0.000000239. The predicted octanol–water partition coefficient (Wildman–Crippen LogP) is 8.46. The van der Waals surface area contributed by atoms with Crippen LogP contribution >= 0.6 is 84.4 Å². The first kappa shape index (κ1) is 32.6. The molecule has 198 valence electrons. The van der Waals surface area contributed by atoms with Gasteiger partial charge in [-0.3, -0.25) is 5.32 Å². The molecule has 1 heterocycles. The summed E-state index contributed by atoms with van der Waals surface area (Å²) in [6, 6.07) is 10.3. The van der Waals surface area contributed by atoms with Gasteiger partial charge >= 0.3 is 6.09 Å². The lowest BCUT2D eigenvalue weighted by Gasteiger charge is -2.31. The number of hydrogen-bond acceptors (Lipinski definition) is 4. The fourth-order valence-corrected chi connectivity index (χ4v) is 3.79. The van der Waals surface area contributed by atoms with Gasteiger partial charge in [0.05, 0.1) is 5.69 Å². The Kier molecular flexibility index (Phi) is 12.4. The highest BCUT2D eigenvalue weighted by Gasteiger charge is 2.37. The van der Waals surface area contributed by atoms with Gasteiger partial charge in [-0.15, -0.1) is 24.0 Å². The number of amides is 1. The zero-order valence-corrected chi connectivity index (χ0v) is 28.4. The molecule has 0 bridgehead atoms. The molecule has 1 aliphatic heterocycles. The van der Waals surface area contributed by atoms with E-state index in [1.54, 1.807) is 50.2 Å². The average Bonchev–Trinajstić information content (AvgIpc) is 3.75. The third-order valence-electron chi connectivity index (χ3n) is 5.76. The van der Waals surface area contributed by atoms with Gasteiger partial charge in [0.15, 0.2) is 5.60 Å². The molecule has 1 amide bonds. The Hall–Kier alpha value is -0.640. The van der Waals surface area contributed by atoms with E-state index in [9.17, 15) is 9.90 Å². The number of anilines is 2. The second-order valence-electron chi connectivity index (χ2n) is 9.13. The molecule has 0 aromatic heterocycles. The van der Waals surface area contributed by atoms with Crippen molar-refractivity contribution < 1.29 is 14.6 Å². The summed E-state index contributed by atoms with van der Waals surface area (Å²) in [5.41, 5.74) is 6.28. The minimum absolute atomic E-state index is 0. The maximum atomic E-state index is 11.6. The lowest BCUT2D eigenvalue weighted by Crippen LogP contribution is -2.36. The normalized spacial score (nSPS) is 20.5. The molecule has 5 nitrogen and oxygen atoms in total. The molecular weight excluding hydrogens is 852 g/mol. The van der Waals surface area contributed by atoms with Gasteiger partial charge in [0.25, 0.3) is 0 Å². The second-order valence-corrected chi connectivity index (χ2v) is 10.0.